The van der Waals surface area contributed by atoms with E-state index in [4.69, 9.17) is 0 Å². The standard InChI is InChI=1S/C13H9NS.2C2H6/c1-2-7-12-10(5-1)9-13(15-12)11-6-3-4-8-14-11;2*1-2/h1-9H;2*1-2H3. The topological polar surface area (TPSA) is 12.9 Å². The van der Waals surface area contributed by atoms with Crippen LogP contribution in [0.5, 0.6) is 0 Å². The Balaban J connectivity index is 0.000000415. The largest absolute Gasteiger partial charge is 0.255 e. The summed E-state index contributed by atoms with van der Waals surface area (Å²) in [5.41, 5.74) is 1.05. The summed E-state index contributed by atoms with van der Waals surface area (Å²) in [7, 11) is 0. The molecule has 0 radical (unpaired) electrons. The summed E-state index contributed by atoms with van der Waals surface area (Å²) in [5, 5.41) is 1.29. The molecule has 0 aliphatic heterocycles. The van der Waals surface area contributed by atoms with Crippen LogP contribution in [0, 0.1) is 0 Å². The van der Waals surface area contributed by atoms with Crippen molar-refractivity contribution in [3.8, 4) is 10.6 Å². The van der Waals surface area contributed by atoms with Crippen LogP contribution in [0.25, 0.3) is 20.7 Å². The van der Waals surface area contributed by atoms with E-state index in [0.29, 0.717) is 0 Å². The SMILES string of the molecule is CC.CC.c1ccc(-c2cc3ccccc3s2)nc1. The molecule has 0 spiro atoms. The number of rotatable bonds is 1. The van der Waals surface area contributed by atoms with Gasteiger partial charge in [0.05, 0.1) is 10.6 Å². The van der Waals surface area contributed by atoms with Gasteiger partial charge in [-0.05, 0) is 29.7 Å². The maximum atomic E-state index is 4.35. The minimum atomic E-state index is 1.05. The van der Waals surface area contributed by atoms with Crippen molar-refractivity contribution >= 4 is 21.4 Å². The zero-order valence-electron chi connectivity index (χ0n) is 12.1. The predicted molar refractivity (Wildman–Crippen MR) is 87.8 cm³/mol. The molecule has 2 heterocycles. The fourth-order valence-corrected chi connectivity index (χ4v) is 2.66. The van der Waals surface area contributed by atoms with Gasteiger partial charge in [-0.25, -0.2) is 0 Å². The first kappa shape index (κ1) is 15.4. The Hall–Kier alpha value is -1.67. The maximum absolute atomic E-state index is 4.35. The molecule has 3 aromatic rings. The molecule has 0 N–H and O–H groups in total. The molecule has 0 aliphatic carbocycles. The van der Waals surface area contributed by atoms with Crippen LogP contribution >= 0.6 is 11.3 Å². The van der Waals surface area contributed by atoms with E-state index in [2.05, 4.69) is 35.3 Å². The molecule has 3 rings (SSSR count). The Kier molecular flexibility index (Phi) is 6.83. The van der Waals surface area contributed by atoms with Crippen molar-refractivity contribution in [2.45, 2.75) is 27.7 Å². The zero-order valence-corrected chi connectivity index (χ0v) is 12.9. The minimum absolute atomic E-state index is 1.05. The van der Waals surface area contributed by atoms with Gasteiger partial charge in [0.1, 0.15) is 0 Å². The van der Waals surface area contributed by atoms with E-state index in [1.807, 2.05) is 52.1 Å². The Morgan fingerprint density at radius 3 is 2.16 bits per heavy atom. The van der Waals surface area contributed by atoms with Crippen LogP contribution in [-0.2, 0) is 0 Å². The number of benzene rings is 1. The van der Waals surface area contributed by atoms with Crippen molar-refractivity contribution < 1.29 is 0 Å². The van der Waals surface area contributed by atoms with E-state index in [-0.39, 0.29) is 0 Å². The summed E-state index contributed by atoms with van der Waals surface area (Å²) in [4.78, 5) is 5.59. The smallest absolute Gasteiger partial charge is 0.0802 e. The third kappa shape index (κ3) is 3.90. The molecular formula is C17H21NS. The first-order valence-corrected chi connectivity index (χ1v) is 7.65. The highest BCUT2D eigenvalue weighted by Crippen LogP contribution is 2.31. The molecule has 19 heavy (non-hydrogen) atoms. The summed E-state index contributed by atoms with van der Waals surface area (Å²) in [6.45, 7) is 8.00. The molecule has 0 saturated heterocycles. The monoisotopic (exact) mass is 271 g/mol. The summed E-state index contributed by atoms with van der Waals surface area (Å²) in [6.07, 6.45) is 1.83. The number of hydrogen-bond acceptors (Lipinski definition) is 2. The van der Waals surface area contributed by atoms with Gasteiger partial charge in [-0.2, -0.15) is 0 Å². The predicted octanol–water partition coefficient (Wildman–Crippen LogP) is 6.02. The molecule has 0 amide bonds. The Morgan fingerprint density at radius 2 is 1.53 bits per heavy atom. The molecule has 0 bridgehead atoms. The van der Waals surface area contributed by atoms with E-state index in [1.165, 1.54) is 15.0 Å². The fourth-order valence-electron chi connectivity index (χ4n) is 1.62. The van der Waals surface area contributed by atoms with Crippen molar-refractivity contribution in [2.75, 3.05) is 0 Å². The molecule has 0 atom stereocenters. The molecule has 1 nitrogen and oxygen atoms in total. The number of thiophene rings is 1. The van der Waals surface area contributed by atoms with Crippen molar-refractivity contribution in [3.63, 3.8) is 0 Å². The molecule has 0 saturated carbocycles. The van der Waals surface area contributed by atoms with Crippen LogP contribution in [0.2, 0.25) is 0 Å². The van der Waals surface area contributed by atoms with Crippen LogP contribution in [-0.4, -0.2) is 4.98 Å². The van der Waals surface area contributed by atoms with Crippen molar-refractivity contribution in [1.29, 1.82) is 0 Å². The lowest BCUT2D eigenvalue weighted by Crippen LogP contribution is -1.75. The number of fused-ring (bicyclic) bond motifs is 1. The van der Waals surface area contributed by atoms with Gasteiger partial charge in [-0.1, -0.05) is 52.0 Å². The van der Waals surface area contributed by atoms with Gasteiger partial charge in [0, 0.05) is 10.9 Å². The number of aromatic nitrogens is 1. The quantitative estimate of drug-likeness (QED) is 0.527. The van der Waals surface area contributed by atoms with Gasteiger partial charge < -0.3 is 0 Å². The van der Waals surface area contributed by atoms with Crippen molar-refractivity contribution in [3.05, 3.63) is 54.7 Å². The Bertz CT molecular complexity index is 551. The van der Waals surface area contributed by atoms with E-state index < -0.39 is 0 Å². The molecular weight excluding hydrogens is 250 g/mol. The van der Waals surface area contributed by atoms with Gasteiger partial charge >= 0.3 is 0 Å². The van der Waals surface area contributed by atoms with Crippen LogP contribution < -0.4 is 0 Å². The first-order valence-electron chi connectivity index (χ1n) is 6.83. The summed E-state index contributed by atoms with van der Waals surface area (Å²) < 4.78 is 1.32. The number of hydrogen-bond donors (Lipinski definition) is 0. The Labute approximate surface area is 120 Å². The highest BCUT2D eigenvalue weighted by Gasteiger charge is 2.03. The van der Waals surface area contributed by atoms with Crippen molar-refractivity contribution in [1.82, 2.24) is 4.98 Å². The molecule has 0 aliphatic rings. The second-order valence-electron chi connectivity index (χ2n) is 3.36. The first-order chi connectivity index (χ1) is 9.43. The van der Waals surface area contributed by atoms with E-state index >= 15 is 0 Å². The fraction of sp³-hybridized carbons (Fsp3) is 0.235. The highest BCUT2D eigenvalue weighted by molar-refractivity contribution is 7.22. The third-order valence-corrected chi connectivity index (χ3v) is 3.48. The second-order valence-corrected chi connectivity index (χ2v) is 4.45. The van der Waals surface area contributed by atoms with Crippen LogP contribution in [0.15, 0.2) is 54.7 Å². The minimum Gasteiger partial charge on any atom is -0.255 e. The van der Waals surface area contributed by atoms with Crippen LogP contribution in [0.3, 0.4) is 0 Å². The number of pyridine rings is 1. The number of nitrogens with zero attached hydrogens (tertiary/aromatic N) is 1. The summed E-state index contributed by atoms with van der Waals surface area (Å²) in [5.74, 6) is 0. The maximum Gasteiger partial charge on any atom is 0.0802 e. The van der Waals surface area contributed by atoms with E-state index in [9.17, 15) is 0 Å². The normalized spacial score (nSPS) is 9.05. The van der Waals surface area contributed by atoms with Gasteiger partial charge in [0.2, 0.25) is 0 Å². The van der Waals surface area contributed by atoms with E-state index in [0.717, 1.165) is 5.69 Å². The van der Waals surface area contributed by atoms with Gasteiger partial charge in [0.25, 0.3) is 0 Å². The average Bonchev–Trinajstić information content (AvgIpc) is 2.96. The van der Waals surface area contributed by atoms with Gasteiger partial charge in [-0.15, -0.1) is 11.3 Å². The second kappa shape index (κ2) is 8.44. The van der Waals surface area contributed by atoms with E-state index in [1.54, 1.807) is 11.3 Å². The molecule has 100 valence electrons. The Morgan fingerprint density at radius 1 is 0.842 bits per heavy atom. The lowest BCUT2D eigenvalue weighted by molar-refractivity contribution is 1.34. The molecule has 2 aromatic heterocycles. The van der Waals surface area contributed by atoms with Gasteiger partial charge in [0.15, 0.2) is 0 Å². The lowest BCUT2D eigenvalue weighted by atomic mass is 10.2. The zero-order chi connectivity index (χ0) is 14.1. The summed E-state index contributed by atoms with van der Waals surface area (Å²) >= 11 is 1.79. The molecule has 0 fully saturated rings. The molecule has 2 heteroatoms. The highest BCUT2D eigenvalue weighted by atomic mass is 32.1. The lowest BCUT2D eigenvalue weighted by Gasteiger charge is -1.92. The van der Waals surface area contributed by atoms with Crippen LogP contribution in [0.4, 0.5) is 0 Å². The molecule has 0 unspecified atom stereocenters. The summed E-state index contributed by atoms with van der Waals surface area (Å²) in [6, 6.07) is 16.6. The van der Waals surface area contributed by atoms with Crippen molar-refractivity contribution in [2.24, 2.45) is 0 Å². The van der Waals surface area contributed by atoms with Gasteiger partial charge in [-0.3, -0.25) is 4.98 Å². The van der Waals surface area contributed by atoms with Crippen LogP contribution in [0.1, 0.15) is 27.7 Å². The average molecular weight is 271 g/mol. The third-order valence-electron chi connectivity index (χ3n) is 2.34. The molecule has 1 aromatic carbocycles.